The molecule has 1 fully saturated rings. The third-order valence-corrected chi connectivity index (χ3v) is 1.71. The largest absolute Gasteiger partial charge is 0.379 e. The molecule has 0 aromatic heterocycles. The minimum atomic E-state index is 0.869. The number of rotatable bonds is 1. The standard InChI is InChI=1S/C9H15NO/c1-2-3-4-5-10-6-8-11-9-7-10/h2,5-9H2,1H3. The molecule has 1 saturated heterocycles. The smallest absolute Gasteiger partial charge is 0.0603 e. The van der Waals surface area contributed by atoms with Crippen LogP contribution in [0.2, 0.25) is 0 Å². The summed E-state index contributed by atoms with van der Waals surface area (Å²) in [5, 5.41) is 0. The zero-order chi connectivity index (χ0) is 7.94. The molecule has 0 aliphatic carbocycles. The second-order valence-corrected chi connectivity index (χ2v) is 2.60. The summed E-state index contributed by atoms with van der Waals surface area (Å²) in [6.45, 7) is 6.81. The predicted octanol–water partition coefficient (Wildman–Crippen LogP) is 0.732. The molecule has 1 aliphatic heterocycles. The number of hydrogen-bond acceptors (Lipinski definition) is 2. The lowest BCUT2D eigenvalue weighted by molar-refractivity contribution is 0.0443. The van der Waals surface area contributed by atoms with Crippen LogP contribution in [-0.4, -0.2) is 37.7 Å². The van der Waals surface area contributed by atoms with Gasteiger partial charge < -0.3 is 4.74 Å². The van der Waals surface area contributed by atoms with Gasteiger partial charge >= 0.3 is 0 Å². The Kier molecular flexibility index (Phi) is 4.03. The van der Waals surface area contributed by atoms with Crippen LogP contribution in [0.3, 0.4) is 0 Å². The van der Waals surface area contributed by atoms with Gasteiger partial charge in [-0.3, -0.25) is 4.90 Å². The predicted molar refractivity (Wildman–Crippen MR) is 45.3 cm³/mol. The summed E-state index contributed by atoms with van der Waals surface area (Å²) in [7, 11) is 0. The Morgan fingerprint density at radius 1 is 1.27 bits per heavy atom. The fraction of sp³-hybridized carbons (Fsp3) is 0.778. The van der Waals surface area contributed by atoms with Gasteiger partial charge in [-0.25, -0.2) is 0 Å². The van der Waals surface area contributed by atoms with Crippen LogP contribution in [-0.2, 0) is 4.74 Å². The van der Waals surface area contributed by atoms with Gasteiger partial charge in [0.15, 0.2) is 0 Å². The van der Waals surface area contributed by atoms with Gasteiger partial charge in [-0.15, -0.1) is 5.92 Å². The molecule has 0 atom stereocenters. The fourth-order valence-electron chi connectivity index (χ4n) is 1.05. The molecule has 2 heteroatoms. The van der Waals surface area contributed by atoms with E-state index in [2.05, 4.69) is 23.7 Å². The highest BCUT2D eigenvalue weighted by molar-refractivity contribution is 5.00. The number of hydrogen-bond donors (Lipinski definition) is 0. The average molecular weight is 153 g/mol. The van der Waals surface area contributed by atoms with Gasteiger partial charge in [0.25, 0.3) is 0 Å². The summed E-state index contributed by atoms with van der Waals surface area (Å²) in [6.07, 6.45) is 0.963. The van der Waals surface area contributed by atoms with E-state index in [-0.39, 0.29) is 0 Å². The molecule has 0 bridgehead atoms. The maximum absolute atomic E-state index is 5.22. The molecular formula is C9H15NO. The molecule has 0 unspecified atom stereocenters. The lowest BCUT2D eigenvalue weighted by atomic mass is 10.4. The fourth-order valence-corrected chi connectivity index (χ4v) is 1.05. The van der Waals surface area contributed by atoms with Crippen molar-refractivity contribution in [1.82, 2.24) is 4.90 Å². The Hall–Kier alpha value is -0.520. The Labute approximate surface area is 68.5 Å². The average Bonchev–Trinajstić information content (AvgIpc) is 2.07. The van der Waals surface area contributed by atoms with E-state index in [0.29, 0.717) is 0 Å². The normalized spacial score (nSPS) is 19.0. The number of morpholine rings is 1. The van der Waals surface area contributed by atoms with Crippen molar-refractivity contribution in [3.8, 4) is 11.8 Å². The maximum atomic E-state index is 5.22. The van der Waals surface area contributed by atoms with Crippen LogP contribution in [0.1, 0.15) is 13.3 Å². The highest BCUT2D eigenvalue weighted by atomic mass is 16.5. The van der Waals surface area contributed by atoms with Crippen LogP contribution in [0.5, 0.6) is 0 Å². The zero-order valence-corrected chi connectivity index (χ0v) is 7.10. The van der Waals surface area contributed by atoms with Crippen molar-refractivity contribution >= 4 is 0 Å². The highest BCUT2D eigenvalue weighted by Crippen LogP contribution is 1.94. The van der Waals surface area contributed by atoms with Crippen molar-refractivity contribution in [3.05, 3.63) is 0 Å². The lowest BCUT2D eigenvalue weighted by Crippen LogP contribution is -2.36. The Bertz CT molecular complexity index is 151. The van der Waals surface area contributed by atoms with Crippen molar-refractivity contribution < 1.29 is 4.74 Å². The summed E-state index contributed by atoms with van der Waals surface area (Å²) >= 11 is 0. The van der Waals surface area contributed by atoms with Gasteiger partial charge in [0.05, 0.1) is 19.8 Å². The monoisotopic (exact) mass is 153 g/mol. The minimum Gasteiger partial charge on any atom is -0.379 e. The van der Waals surface area contributed by atoms with E-state index >= 15 is 0 Å². The second-order valence-electron chi connectivity index (χ2n) is 2.60. The van der Waals surface area contributed by atoms with Crippen LogP contribution < -0.4 is 0 Å². The lowest BCUT2D eigenvalue weighted by Gasteiger charge is -2.24. The molecule has 0 spiro atoms. The van der Waals surface area contributed by atoms with Gasteiger partial charge in [-0.1, -0.05) is 12.8 Å². The molecule has 1 aliphatic rings. The van der Waals surface area contributed by atoms with E-state index in [1.54, 1.807) is 0 Å². The van der Waals surface area contributed by atoms with Crippen molar-refractivity contribution in [2.45, 2.75) is 13.3 Å². The van der Waals surface area contributed by atoms with E-state index in [1.165, 1.54) is 0 Å². The van der Waals surface area contributed by atoms with Crippen molar-refractivity contribution in [3.63, 3.8) is 0 Å². The summed E-state index contributed by atoms with van der Waals surface area (Å²) in [4.78, 5) is 2.33. The quantitative estimate of drug-likeness (QED) is 0.515. The van der Waals surface area contributed by atoms with Gasteiger partial charge in [0.1, 0.15) is 0 Å². The molecule has 1 heterocycles. The van der Waals surface area contributed by atoms with Crippen LogP contribution in [0.4, 0.5) is 0 Å². The van der Waals surface area contributed by atoms with Crippen LogP contribution in [0.25, 0.3) is 0 Å². The molecule has 0 N–H and O–H groups in total. The molecule has 2 nitrogen and oxygen atoms in total. The zero-order valence-electron chi connectivity index (χ0n) is 7.10. The summed E-state index contributed by atoms with van der Waals surface area (Å²) in [5.41, 5.74) is 0. The van der Waals surface area contributed by atoms with Gasteiger partial charge in [-0.2, -0.15) is 0 Å². The van der Waals surface area contributed by atoms with Crippen molar-refractivity contribution in [2.24, 2.45) is 0 Å². The topological polar surface area (TPSA) is 12.5 Å². The molecule has 11 heavy (non-hydrogen) atoms. The van der Waals surface area contributed by atoms with E-state index in [9.17, 15) is 0 Å². The summed E-state index contributed by atoms with van der Waals surface area (Å²) in [5.74, 6) is 6.19. The van der Waals surface area contributed by atoms with Gasteiger partial charge in [0.2, 0.25) is 0 Å². The van der Waals surface area contributed by atoms with E-state index in [1.807, 2.05) is 0 Å². The molecule has 62 valence electrons. The molecule has 0 saturated carbocycles. The minimum absolute atomic E-state index is 0.869. The van der Waals surface area contributed by atoms with Gasteiger partial charge in [0, 0.05) is 19.5 Å². The number of ether oxygens (including phenoxy) is 1. The van der Waals surface area contributed by atoms with E-state index in [4.69, 9.17) is 4.74 Å². The third kappa shape index (κ3) is 3.41. The van der Waals surface area contributed by atoms with E-state index in [0.717, 1.165) is 39.3 Å². The first-order chi connectivity index (χ1) is 5.43. The SMILES string of the molecule is CCC#CCN1CCOCC1. The van der Waals surface area contributed by atoms with Crippen LogP contribution in [0, 0.1) is 11.8 Å². The van der Waals surface area contributed by atoms with Gasteiger partial charge in [-0.05, 0) is 0 Å². The first-order valence-electron chi connectivity index (χ1n) is 4.19. The number of nitrogens with zero attached hydrogens (tertiary/aromatic N) is 1. The summed E-state index contributed by atoms with van der Waals surface area (Å²) in [6, 6.07) is 0. The Morgan fingerprint density at radius 3 is 2.64 bits per heavy atom. The maximum Gasteiger partial charge on any atom is 0.0603 e. The van der Waals surface area contributed by atoms with Crippen molar-refractivity contribution in [1.29, 1.82) is 0 Å². The second kappa shape index (κ2) is 5.17. The first kappa shape index (κ1) is 8.58. The Morgan fingerprint density at radius 2 is 2.00 bits per heavy atom. The molecule has 1 rings (SSSR count). The first-order valence-corrected chi connectivity index (χ1v) is 4.19. The third-order valence-electron chi connectivity index (χ3n) is 1.71. The van der Waals surface area contributed by atoms with Crippen LogP contribution >= 0.6 is 0 Å². The molecule has 0 radical (unpaired) electrons. The molecule has 0 aromatic carbocycles. The molecule has 0 aromatic rings. The molecule has 0 amide bonds. The van der Waals surface area contributed by atoms with Crippen molar-refractivity contribution in [2.75, 3.05) is 32.8 Å². The summed E-state index contributed by atoms with van der Waals surface area (Å²) < 4.78 is 5.22. The molecular weight excluding hydrogens is 138 g/mol. The Balaban J connectivity index is 2.14. The highest BCUT2D eigenvalue weighted by Gasteiger charge is 2.07. The van der Waals surface area contributed by atoms with Crippen LogP contribution in [0.15, 0.2) is 0 Å². The van der Waals surface area contributed by atoms with E-state index < -0.39 is 0 Å².